The zero-order valence-corrected chi connectivity index (χ0v) is 8.98. The van der Waals surface area contributed by atoms with E-state index in [9.17, 15) is 0 Å². The molecule has 1 aliphatic rings. The zero-order chi connectivity index (χ0) is 10.7. The normalized spacial score (nSPS) is 25.5. The highest BCUT2D eigenvalue weighted by molar-refractivity contribution is 5.35. The minimum absolute atomic E-state index is 0.103. The molecular weight excluding hydrogens is 190 g/mol. The first kappa shape index (κ1) is 10.5. The predicted molar refractivity (Wildman–Crippen MR) is 58.8 cm³/mol. The molecule has 2 atom stereocenters. The van der Waals surface area contributed by atoms with Crippen molar-refractivity contribution in [1.29, 1.82) is 0 Å². The topological polar surface area (TPSA) is 44.5 Å². The lowest BCUT2D eigenvalue weighted by Crippen LogP contribution is -2.18. The lowest BCUT2D eigenvalue weighted by molar-refractivity contribution is 0.0902. The lowest BCUT2D eigenvalue weighted by atomic mass is 9.95. The van der Waals surface area contributed by atoms with Crippen LogP contribution in [0.1, 0.15) is 18.1 Å². The van der Waals surface area contributed by atoms with Crippen LogP contribution in [0.2, 0.25) is 0 Å². The van der Waals surface area contributed by atoms with Crippen molar-refractivity contribution >= 4 is 0 Å². The monoisotopic (exact) mass is 207 g/mol. The van der Waals surface area contributed by atoms with Gasteiger partial charge in [0, 0.05) is 18.1 Å². The molecule has 1 fully saturated rings. The van der Waals surface area contributed by atoms with E-state index in [0.29, 0.717) is 12.5 Å². The van der Waals surface area contributed by atoms with Gasteiger partial charge in [0.05, 0.1) is 13.2 Å². The minimum Gasteiger partial charge on any atom is -0.496 e. The molecule has 0 spiro atoms. The van der Waals surface area contributed by atoms with Gasteiger partial charge < -0.3 is 15.2 Å². The van der Waals surface area contributed by atoms with Crippen LogP contribution in [0.3, 0.4) is 0 Å². The maximum absolute atomic E-state index is 5.73. The molecule has 15 heavy (non-hydrogen) atoms. The van der Waals surface area contributed by atoms with Crippen molar-refractivity contribution in [2.24, 2.45) is 11.7 Å². The van der Waals surface area contributed by atoms with E-state index >= 15 is 0 Å². The Kier molecular flexibility index (Phi) is 3.23. The summed E-state index contributed by atoms with van der Waals surface area (Å²) >= 11 is 0. The Morgan fingerprint density at radius 2 is 2.27 bits per heavy atom. The highest BCUT2D eigenvalue weighted by Crippen LogP contribution is 2.38. The molecule has 0 aromatic heterocycles. The predicted octanol–water partition coefficient (Wildman–Crippen LogP) is 1.73. The van der Waals surface area contributed by atoms with E-state index in [1.54, 1.807) is 7.11 Å². The van der Waals surface area contributed by atoms with Crippen LogP contribution in [0.5, 0.6) is 5.75 Å². The van der Waals surface area contributed by atoms with E-state index < -0.39 is 0 Å². The number of benzene rings is 1. The number of hydrogen-bond donors (Lipinski definition) is 1. The Labute approximate surface area is 90.2 Å². The number of ether oxygens (including phenoxy) is 2. The Morgan fingerprint density at radius 1 is 1.47 bits per heavy atom. The summed E-state index contributed by atoms with van der Waals surface area (Å²) in [5.74, 6) is 1.31. The first-order valence-corrected chi connectivity index (χ1v) is 5.31. The molecule has 82 valence electrons. The molecule has 0 aliphatic carbocycles. The summed E-state index contributed by atoms with van der Waals surface area (Å²) in [6, 6.07) is 7.99. The largest absolute Gasteiger partial charge is 0.496 e. The molecule has 2 N–H and O–H groups in total. The SMILES string of the molecule is COc1ccccc1C1OCCC1CN. The number of para-hydroxylation sites is 1. The smallest absolute Gasteiger partial charge is 0.124 e. The second-order valence-electron chi connectivity index (χ2n) is 3.82. The van der Waals surface area contributed by atoms with Crippen molar-refractivity contribution in [2.45, 2.75) is 12.5 Å². The van der Waals surface area contributed by atoms with Crippen molar-refractivity contribution in [3.05, 3.63) is 29.8 Å². The second-order valence-corrected chi connectivity index (χ2v) is 3.82. The maximum atomic E-state index is 5.73. The zero-order valence-electron chi connectivity index (χ0n) is 8.98. The van der Waals surface area contributed by atoms with Crippen LogP contribution in [-0.2, 0) is 4.74 Å². The third-order valence-electron chi connectivity index (χ3n) is 2.96. The van der Waals surface area contributed by atoms with Crippen LogP contribution in [0.4, 0.5) is 0 Å². The van der Waals surface area contributed by atoms with E-state index in [2.05, 4.69) is 6.07 Å². The summed E-state index contributed by atoms with van der Waals surface area (Å²) in [7, 11) is 1.69. The van der Waals surface area contributed by atoms with E-state index in [1.807, 2.05) is 18.2 Å². The molecule has 1 aliphatic heterocycles. The Morgan fingerprint density at radius 3 is 3.00 bits per heavy atom. The van der Waals surface area contributed by atoms with Crippen LogP contribution in [0.25, 0.3) is 0 Å². The summed E-state index contributed by atoms with van der Waals surface area (Å²) in [5, 5.41) is 0. The van der Waals surface area contributed by atoms with Crippen molar-refractivity contribution in [3.63, 3.8) is 0 Å². The summed E-state index contributed by atoms with van der Waals surface area (Å²) in [4.78, 5) is 0. The third-order valence-corrected chi connectivity index (χ3v) is 2.96. The summed E-state index contributed by atoms with van der Waals surface area (Å²) in [6.45, 7) is 1.47. The molecule has 0 radical (unpaired) electrons. The van der Waals surface area contributed by atoms with Crippen LogP contribution in [0, 0.1) is 5.92 Å². The molecule has 2 unspecified atom stereocenters. The Hall–Kier alpha value is -1.06. The first-order chi connectivity index (χ1) is 7.36. The molecule has 0 saturated carbocycles. The standard InChI is InChI=1S/C12H17NO2/c1-14-11-5-3-2-4-10(11)12-9(8-13)6-7-15-12/h2-5,9,12H,6-8,13H2,1H3. The third kappa shape index (κ3) is 1.98. The van der Waals surface area contributed by atoms with Gasteiger partial charge >= 0.3 is 0 Å². The maximum Gasteiger partial charge on any atom is 0.124 e. The van der Waals surface area contributed by atoms with Gasteiger partial charge in [-0.3, -0.25) is 0 Å². The average molecular weight is 207 g/mol. The molecule has 0 bridgehead atoms. The van der Waals surface area contributed by atoms with E-state index in [-0.39, 0.29) is 6.10 Å². The van der Waals surface area contributed by atoms with Crippen molar-refractivity contribution in [2.75, 3.05) is 20.3 Å². The van der Waals surface area contributed by atoms with E-state index in [0.717, 1.165) is 24.3 Å². The molecule has 1 saturated heterocycles. The van der Waals surface area contributed by atoms with Gasteiger partial charge in [-0.1, -0.05) is 18.2 Å². The van der Waals surface area contributed by atoms with Gasteiger partial charge in [0.15, 0.2) is 0 Å². The van der Waals surface area contributed by atoms with Crippen LogP contribution >= 0.6 is 0 Å². The fraction of sp³-hybridized carbons (Fsp3) is 0.500. The summed E-state index contributed by atoms with van der Waals surface area (Å²) in [6.07, 6.45) is 1.14. The van der Waals surface area contributed by atoms with E-state index in [1.165, 1.54) is 0 Å². The molecule has 3 heteroatoms. The summed E-state index contributed by atoms with van der Waals surface area (Å²) in [5.41, 5.74) is 6.85. The molecule has 1 aromatic carbocycles. The highest BCUT2D eigenvalue weighted by Gasteiger charge is 2.30. The second kappa shape index (κ2) is 4.64. The average Bonchev–Trinajstić information content (AvgIpc) is 2.76. The molecular formula is C12H17NO2. The van der Waals surface area contributed by atoms with Crippen molar-refractivity contribution < 1.29 is 9.47 Å². The van der Waals surface area contributed by atoms with Gasteiger partial charge in [0.2, 0.25) is 0 Å². The number of rotatable bonds is 3. The van der Waals surface area contributed by atoms with Crippen molar-refractivity contribution in [1.82, 2.24) is 0 Å². The number of nitrogens with two attached hydrogens (primary N) is 1. The van der Waals surface area contributed by atoms with Gasteiger partial charge in [-0.25, -0.2) is 0 Å². The molecule has 1 heterocycles. The van der Waals surface area contributed by atoms with Gasteiger partial charge in [-0.15, -0.1) is 0 Å². The molecule has 2 rings (SSSR count). The number of methoxy groups -OCH3 is 1. The first-order valence-electron chi connectivity index (χ1n) is 5.31. The molecule has 3 nitrogen and oxygen atoms in total. The van der Waals surface area contributed by atoms with Crippen molar-refractivity contribution in [3.8, 4) is 5.75 Å². The fourth-order valence-corrected chi connectivity index (χ4v) is 2.12. The Bertz CT molecular complexity index is 327. The van der Waals surface area contributed by atoms with Gasteiger partial charge in [-0.05, 0) is 19.0 Å². The fourth-order valence-electron chi connectivity index (χ4n) is 2.12. The van der Waals surface area contributed by atoms with E-state index in [4.69, 9.17) is 15.2 Å². The lowest BCUT2D eigenvalue weighted by Gasteiger charge is -2.19. The molecule has 0 amide bonds. The van der Waals surface area contributed by atoms with Gasteiger partial charge in [0.25, 0.3) is 0 Å². The quantitative estimate of drug-likeness (QED) is 0.821. The van der Waals surface area contributed by atoms with Crippen LogP contribution in [-0.4, -0.2) is 20.3 Å². The van der Waals surface area contributed by atoms with Crippen LogP contribution < -0.4 is 10.5 Å². The minimum atomic E-state index is 0.103. The summed E-state index contributed by atoms with van der Waals surface area (Å²) < 4.78 is 11.1. The number of hydrogen-bond acceptors (Lipinski definition) is 3. The molecule has 1 aromatic rings. The Balaban J connectivity index is 2.27. The van der Waals surface area contributed by atoms with Gasteiger partial charge in [0.1, 0.15) is 5.75 Å². The highest BCUT2D eigenvalue weighted by atomic mass is 16.5. The van der Waals surface area contributed by atoms with Gasteiger partial charge in [-0.2, -0.15) is 0 Å². The van der Waals surface area contributed by atoms with Crippen LogP contribution in [0.15, 0.2) is 24.3 Å².